The molecule has 0 bridgehead atoms. The Hall–Kier alpha value is -2.35. The summed E-state index contributed by atoms with van der Waals surface area (Å²) in [6.45, 7) is 5.92. The molecule has 2 aromatic rings. The van der Waals surface area contributed by atoms with Gasteiger partial charge in [0, 0.05) is 5.69 Å². The van der Waals surface area contributed by atoms with E-state index in [4.69, 9.17) is 5.73 Å². The number of hydrogen-bond acceptors (Lipinski definition) is 4. The Balaban J connectivity index is 2.72. The number of pyridine rings is 1. The fraction of sp³-hybridized carbons (Fsp3) is 0.357. The summed E-state index contributed by atoms with van der Waals surface area (Å²) in [5, 5.41) is 13.7. The van der Waals surface area contributed by atoms with Crippen molar-refractivity contribution in [3.05, 3.63) is 34.8 Å². The summed E-state index contributed by atoms with van der Waals surface area (Å²) in [5.41, 5.74) is 9.92. The lowest BCUT2D eigenvalue weighted by Gasteiger charge is -2.08. The van der Waals surface area contributed by atoms with E-state index >= 15 is 0 Å². The number of anilines is 1. The number of hydrogen-bond donors (Lipinski definition) is 1. The summed E-state index contributed by atoms with van der Waals surface area (Å²) < 4.78 is 1.71. The topological polar surface area (TPSA) is 80.5 Å². The predicted molar refractivity (Wildman–Crippen MR) is 74.0 cm³/mol. The molecule has 2 heterocycles. The van der Waals surface area contributed by atoms with Crippen molar-refractivity contribution >= 4 is 5.69 Å². The number of nitrogens with zero attached hydrogens (tertiary/aromatic N) is 4. The fourth-order valence-corrected chi connectivity index (χ4v) is 2.08. The van der Waals surface area contributed by atoms with Crippen LogP contribution in [0.2, 0.25) is 0 Å². The van der Waals surface area contributed by atoms with Crippen LogP contribution in [0.15, 0.2) is 12.1 Å². The van der Waals surface area contributed by atoms with Gasteiger partial charge in [0.05, 0.1) is 22.6 Å². The highest BCUT2D eigenvalue weighted by atomic mass is 15.3. The quantitative estimate of drug-likeness (QED) is 0.911. The van der Waals surface area contributed by atoms with E-state index < -0.39 is 0 Å². The Labute approximate surface area is 112 Å². The second-order valence-corrected chi connectivity index (χ2v) is 4.36. The lowest BCUT2D eigenvalue weighted by Crippen LogP contribution is -2.08. The van der Waals surface area contributed by atoms with E-state index in [1.807, 2.05) is 26.8 Å². The number of nitrogen functional groups attached to an aromatic ring is 1. The maximum absolute atomic E-state index is 9.21. The highest BCUT2D eigenvalue weighted by molar-refractivity contribution is 5.53. The van der Waals surface area contributed by atoms with E-state index in [-0.39, 0.29) is 0 Å². The highest BCUT2D eigenvalue weighted by Gasteiger charge is 2.17. The second kappa shape index (κ2) is 5.11. The zero-order valence-electron chi connectivity index (χ0n) is 11.4. The minimum absolute atomic E-state index is 0.505. The van der Waals surface area contributed by atoms with Gasteiger partial charge in [-0.1, -0.05) is 13.8 Å². The van der Waals surface area contributed by atoms with Crippen molar-refractivity contribution in [3.63, 3.8) is 0 Å². The van der Waals surface area contributed by atoms with Gasteiger partial charge in [0.2, 0.25) is 0 Å². The first kappa shape index (κ1) is 13.1. The number of aryl methyl sites for hydroxylation is 2. The van der Waals surface area contributed by atoms with Crippen molar-refractivity contribution < 1.29 is 0 Å². The van der Waals surface area contributed by atoms with Gasteiger partial charge in [0.15, 0.2) is 5.82 Å². The molecule has 5 nitrogen and oxygen atoms in total. The Bertz CT molecular complexity index is 649. The average Bonchev–Trinajstić information content (AvgIpc) is 2.74. The molecule has 2 N–H and O–H groups in total. The van der Waals surface area contributed by atoms with Crippen LogP contribution in [0.3, 0.4) is 0 Å². The maximum atomic E-state index is 9.21. The van der Waals surface area contributed by atoms with Crippen LogP contribution >= 0.6 is 0 Å². The zero-order valence-corrected chi connectivity index (χ0v) is 11.4. The van der Waals surface area contributed by atoms with Gasteiger partial charge >= 0.3 is 0 Å². The van der Waals surface area contributed by atoms with Crippen molar-refractivity contribution in [2.45, 2.75) is 33.6 Å². The standard InChI is InChI=1S/C14H17N5/c1-4-11-13(16)12(5-2)19(18-11)14-10(8-15)7-6-9(3)17-14/h6-7H,4-5,16H2,1-3H3. The van der Waals surface area contributed by atoms with E-state index in [1.54, 1.807) is 10.7 Å². The van der Waals surface area contributed by atoms with Crippen molar-refractivity contribution in [3.8, 4) is 11.9 Å². The number of aromatic nitrogens is 3. The van der Waals surface area contributed by atoms with Crippen LogP contribution in [-0.2, 0) is 12.8 Å². The first-order valence-electron chi connectivity index (χ1n) is 6.36. The third-order valence-electron chi connectivity index (χ3n) is 3.10. The molecule has 0 fully saturated rings. The molecule has 0 saturated carbocycles. The van der Waals surface area contributed by atoms with E-state index in [2.05, 4.69) is 16.2 Å². The average molecular weight is 255 g/mol. The molecule has 0 atom stereocenters. The van der Waals surface area contributed by atoms with Crippen LogP contribution in [0.5, 0.6) is 0 Å². The molecule has 98 valence electrons. The number of nitriles is 1. The van der Waals surface area contributed by atoms with Gasteiger partial charge in [-0.3, -0.25) is 0 Å². The normalized spacial score (nSPS) is 10.4. The number of nitrogens with two attached hydrogens (primary N) is 1. The van der Waals surface area contributed by atoms with Gasteiger partial charge < -0.3 is 5.73 Å². The van der Waals surface area contributed by atoms with Gasteiger partial charge in [-0.15, -0.1) is 0 Å². The molecule has 2 aromatic heterocycles. The molecule has 2 rings (SSSR count). The van der Waals surface area contributed by atoms with Crippen LogP contribution in [0.25, 0.3) is 5.82 Å². The molecular formula is C14H17N5. The Morgan fingerprint density at radius 2 is 2.05 bits per heavy atom. The molecule has 0 aliphatic carbocycles. The maximum Gasteiger partial charge on any atom is 0.171 e. The van der Waals surface area contributed by atoms with Crippen molar-refractivity contribution in [2.24, 2.45) is 0 Å². The van der Waals surface area contributed by atoms with Gasteiger partial charge in [-0.05, 0) is 31.9 Å². The van der Waals surface area contributed by atoms with E-state index in [0.29, 0.717) is 17.1 Å². The Morgan fingerprint density at radius 3 is 2.63 bits per heavy atom. The number of rotatable bonds is 3. The smallest absolute Gasteiger partial charge is 0.171 e. The van der Waals surface area contributed by atoms with Crippen molar-refractivity contribution in [1.29, 1.82) is 5.26 Å². The van der Waals surface area contributed by atoms with Gasteiger partial charge in [0.1, 0.15) is 6.07 Å². The lowest BCUT2D eigenvalue weighted by atomic mass is 10.2. The first-order valence-corrected chi connectivity index (χ1v) is 6.36. The summed E-state index contributed by atoms with van der Waals surface area (Å²) in [6, 6.07) is 5.74. The molecule has 5 heteroatoms. The summed E-state index contributed by atoms with van der Waals surface area (Å²) in [7, 11) is 0. The van der Waals surface area contributed by atoms with E-state index in [1.165, 1.54) is 0 Å². The minimum Gasteiger partial charge on any atom is -0.396 e. The van der Waals surface area contributed by atoms with Crippen molar-refractivity contribution in [2.75, 3.05) is 5.73 Å². The summed E-state index contributed by atoms with van der Waals surface area (Å²) in [4.78, 5) is 4.43. The summed E-state index contributed by atoms with van der Waals surface area (Å²) >= 11 is 0. The summed E-state index contributed by atoms with van der Waals surface area (Å²) in [5.74, 6) is 0.561. The van der Waals surface area contributed by atoms with Crippen LogP contribution in [0.4, 0.5) is 5.69 Å². The molecule has 0 aromatic carbocycles. The first-order chi connectivity index (χ1) is 9.12. The van der Waals surface area contributed by atoms with Crippen LogP contribution in [0.1, 0.15) is 36.5 Å². The fourth-order valence-electron chi connectivity index (χ4n) is 2.08. The second-order valence-electron chi connectivity index (χ2n) is 4.36. The van der Waals surface area contributed by atoms with E-state index in [9.17, 15) is 5.26 Å². The molecule has 0 radical (unpaired) electrons. The largest absolute Gasteiger partial charge is 0.396 e. The highest BCUT2D eigenvalue weighted by Crippen LogP contribution is 2.23. The molecule has 0 unspecified atom stereocenters. The van der Waals surface area contributed by atoms with Crippen LogP contribution in [0, 0.1) is 18.3 Å². The molecule has 0 aliphatic heterocycles. The SMILES string of the molecule is CCc1nn(-c2nc(C)ccc2C#N)c(CC)c1N. The van der Waals surface area contributed by atoms with Gasteiger partial charge in [-0.25, -0.2) is 9.67 Å². The Kier molecular flexibility index (Phi) is 3.52. The monoisotopic (exact) mass is 255 g/mol. The lowest BCUT2D eigenvalue weighted by molar-refractivity contribution is 0.767. The molecule has 0 spiro atoms. The molecule has 19 heavy (non-hydrogen) atoms. The van der Waals surface area contributed by atoms with Crippen LogP contribution in [-0.4, -0.2) is 14.8 Å². The zero-order chi connectivity index (χ0) is 14.0. The van der Waals surface area contributed by atoms with Gasteiger partial charge in [-0.2, -0.15) is 10.4 Å². The molecule has 0 amide bonds. The molecule has 0 aliphatic rings. The predicted octanol–water partition coefficient (Wildman–Crippen LogP) is 2.15. The van der Waals surface area contributed by atoms with Crippen molar-refractivity contribution in [1.82, 2.24) is 14.8 Å². The third kappa shape index (κ3) is 2.17. The van der Waals surface area contributed by atoms with Crippen LogP contribution < -0.4 is 5.73 Å². The van der Waals surface area contributed by atoms with E-state index in [0.717, 1.165) is 29.9 Å². The summed E-state index contributed by atoms with van der Waals surface area (Å²) in [6.07, 6.45) is 1.51. The minimum atomic E-state index is 0.505. The molecule has 0 saturated heterocycles. The third-order valence-corrected chi connectivity index (χ3v) is 3.10. The van der Waals surface area contributed by atoms with Gasteiger partial charge in [0.25, 0.3) is 0 Å². The Morgan fingerprint density at radius 1 is 1.32 bits per heavy atom. The molecular weight excluding hydrogens is 238 g/mol.